The van der Waals surface area contributed by atoms with Gasteiger partial charge in [-0.1, -0.05) is 127 Å². The standard InChI is InChI=1S/C43H71N3P2/c1-3-4-5-6-7-8-9-10-23-39-48(42-28-16-12-17-29-42,43-30-18-13-19-31-43)40-24-22-38-47(41-26-14-11-15-27-41)37-21-20-34-46(2,36-33-45)35-25-32-44/h11-19,26-31H,3-10,20-25,32-40,44-45H2,1-2H3/q+2. The highest BCUT2D eigenvalue weighted by atomic mass is 31.2. The van der Waals surface area contributed by atoms with Crippen LogP contribution in [0.4, 0.5) is 0 Å². The van der Waals surface area contributed by atoms with E-state index in [-0.39, 0.29) is 7.92 Å². The van der Waals surface area contributed by atoms with Crippen molar-refractivity contribution in [2.45, 2.75) is 96.8 Å². The third kappa shape index (κ3) is 14.7. The summed E-state index contributed by atoms with van der Waals surface area (Å²) in [5.41, 5.74) is 11.9. The summed E-state index contributed by atoms with van der Waals surface area (Å²) in [5.74, 6) is 0. The van der Waals surface area contributed by atoms with E-state index in [1.165, 1.54) is 115 Å². The lowest BCUT2D eigenvalue weighted by Gasteiger charge is -2.34. The molecule has 0 bridgehead atoms. The second kappa shape index (κ2) is 24.5. The molecule has 0 radical (unpaired) electrons. The first-order chi connectivity index (χ1) is 23.6. The fourth-order valence-corrected chi connectivity index (χ4v) is 14.6. The Morgan fingerprint density at radius 2 is 0.958 bits per heavy atom. The van der Waals surface area contributed by atoms with Crippen molar-refractivity contribution in [2.24, 2.45) is 11.5 Å². The van der Waals surface area contributed by atoms with E-state index in [2.05, 4.69) is 105 Å². The lowest BCUT2D eigenvalue weighted by molar-refractivity contribution is -0.908. The first kappa shape index (κ1) is 40.8. The fourth-order valence-electron chi connectivity index (χ4n) is 7.51. The van der Waals surface area contributed by atoms with Gasteiger partial charge in [-0.15, -0.1) is 0 Å². The minimum absolute atomic E-state index is 0.141. The Morgan fingerprint density at radius 1 is 0.500 bits per heavy atom. The summed E-state index contributed by atoms with van der Waals surface area (Å²) in [5, 5.41) is 4.83. The van der Waals surface area contributed by atoms with Crippen LogP contribution in [-0.4, -0.2) is 68.9 Å². The van der Waals surface area contributed by atoms with Crippen molar-refractivity contribution in [3.05, 3.63) is 91.0 Å². The maximum absolute atomic E-state index is 6.01. The summed E-state index contributed by atoms with van der Waals surface area (Å²) in [7, 11) is 0.762. The maximum Gasteiger partial charge on any atom is 0.0991 e. The van der Waals surface area contributed by atoms with Gasteiger partial charge < -0.3 is 16.0 Å². The Morgan fingerprint density at radius 3 is 1.48 bits per heavy atom. The first-order valence-corrected chi connectivity index (χ1v) is 23.5. The predicted octanol–water partition coefficient (Wildman–Crippen LogP) is 9.31. The van der Waals surface area contributed by atoms with E-state index in [4.69, 9.17) is 11.5 Å². The molecule has 0 saturated carbocycles. The Kier molecular flexibility index (Phi) is 20.9. The first-order valence-electron chi connectivity index (χ1n) is 19.6. The molecule has 4 N–H and O–H groups in total. The van der Waals surface area contributed by atoms with E-state index < -0.39 is 7.26 Å². The lowest BCUT2D eigenvalue weighted by Crippen LogP contribution is -2.49. The molecule has 0 aromatic heterocycles. The molecule has 266 valence electrons. The molecule has 3 aromatic rings. The average molecular weight is 692 g/mol. The third-order valence-corrected chi connectivity index (χ3v) is 17.9. The Bertz CT molecular complexity index is 1140. The van der Waals surface area contributed by atoms with Crippen molar-refractivity contribution in [2.75, 3.05) is 64.4 Å². The van der Waals surface area contributed by atoms with Crippen molar-refractivity contribution < 1.29 is 4.48 Å². The van der Waals surface area contributed by atoms with Gasteiger partial charge in [0, 0.05) is 13.0 Å². The van der Waals surface area contributed by atoms with Crippen molar-refractivity contribution in [3.8, 4) is 0 Å². The zero-order valence-electron chi connectivity index (χ0n) is 30.9. The van der Waals surface area contributed by atoms with Crippen molar-refractivity contribution in [1.29, 1.82) is 0 Å². The number of likely N-dealkylation sites (N-methyl/N-ethyl adjacent to an activating group) is 1. The van der Waals surface area contributed by atoms with E-state index >= 15 is 0 Å². The molecule has 2 atom stereocenters. The van der Waals surface area contributed by atoms with Gasteiger partial charge >= 0.3 is 0 Å². The van der Waals surface area contributed by atoms with Gasteiger partial charge in [-0.2, -0.15) is 0 Å². The minimum atomic E-state index is -1.48. The zero-order valence-corrected chi connectivity index (χ0v) is 32.7. The quantitative estimate of drug-likeness (QED) is 0.0453. The molecular weight excluding hydrogens is 620 g/mol. The number of quaternary nitrogens is 1. The summed E-state index contributed by atoms with van der Waals surface area (Å²) in [6, 6.07) is 34.8. The number of nitrogens with two attached hydrogens (primary N) is 2. The molecule has 3 nitrogen and oxygen atoms in total. The fraction of sp³-hybridized carbons (Fsp3) is 0.581. The number of benzene rings is 3. The highest BCUT2D eigenvalue weighted by molar-refractivity contribution is 7.89. The third-order valence-electron chi connectivity index (χ3n) is 10.4. The highest BCUT2D eigenvalue weighted by Gasteiger charge is 2.41. The van der Waals surface area contributed by atoms with Crippen molar-refractivity contribution in [3.63, 3.8) is 0 Å². The largest absolute Gasteiger partial charge is 0.330 e. The molecule has 2 unspecified atom stereocenters. The molecule has 5 heteroatoms. The number of unbranched alkanes of at least 4 members (excludes halogenated alkanes) is 10. The van der Waals surface area contributed by atoms with E-state index in [1.807, 2.05) is 0 Å². The molecular formula is C43H71N3P2+2. The summed E-state index contributed by atoms with van der Waals surface area (Å²) in [6.45, 7) is 7.26. The molecule has 0 aliphatic heterocycles. The number of nitrogens with zero attached hydrogens (tertiary/aromatic N) is 1. The molecule has 3 aromatic carbocycles. The van der Waals surface area contributed by atoms with E-state index in [0.29, 0.717) is 0 Å². The lowest BCUT2D eigenvalue weighted by atomic mass is 10.1. The van der Waals surface area contributed by atoms with Gasteiger partial charge in [0.25, 0.3) is 0 Å². The van der Waals surface area contributed by atoms with Gasteiger partial charge in [-0.05, 0) is 87.0 Å². The Balaban J connectivity index is 1.64. The predicted molar refractivity (Wildman–Crippen MR) is 221 cm³/mol. The van der Waals surface area contributed by atoms with Gasteiger partial charge in [-0.3, -0.25) is 0 Å². The van der Waals surface area contributed by atoms with Crippen LogP contribution < -0.4 is 27.4 Å². The smallest absolute Gasteiger partial charge is 0.0991 e. The van der Waals surface area contributed by atoms with Crippen LogP contribution in [-0.2, 0) is 0 Å². The van der Waals surface area contributed by atoms with Crippen LogP contribution in [0, 0.1) is 0 Å². The van der Waals surface area contributed by atoms with Crippen LogP contribution in [0.1, 0.15) is 96.8 Å². The molecule has 48 heavy (non-hydrogen) atoms. The molecule has 0 amide bonds. The molecule has 0 aliphatic carbocycles. The molecule has 0 saturated heterocycles. The molecule has 0 spiro atoms. The summed E-state index contributed by atoms with van der Waals surface area (Å²) >= 11 is 0. The number of hydrogen-bond donors (Lipinski definition) is 2. The van der Waals surface area contributed by atoms with Gasteiger partial charge in [0.2, 0.25) is 0 Å². The topological polar surface area (TPSA) is 52.0 Å². The van der Waals surface area contributed by atoms with E-state index in [1.54, 1.807) is 15.9 Å². The Hall–Kier alpha value is -1.60. The second-order valence-corrected chi connectivity index (χ2v) is 20.7. The monoisotopic (exact) mass is 692 g/mol. The van der Waals surface area contributed by atoms with Crippen LogP contribution in [0.3, 0.4) is 0 Å². The van der Waals surface area contributed by atoms with Crippen molar-refractivity contribution >= 4 is 31.1 Å². The minimum Gasteiger partial charge on any atom is -0.330 e. The van der Waals surface area contributed by atoms with Crippen LogP contribution in [0.25, 0.3) is 0 Å². The van der Waals surface area contributed by atoms with Gasteiger partial charge in [0.1, 0.15) is 0 Å². The number of rotatable bonds is 28. The van der Waals surface area contributed by atoms with Gasteiger partial charge in [0.05, 0.1) is 56.9 Å². The van der Waals surface area contributed by atoms with Gasteiger partial charge in [-0.25, -0.2) is 0 Å². The molecule has 3 rings (SSSR count). The highest BCUT2D eigenvalue weighted by Crippen LogP contribution is 2.58. The summed E-state index contributed by atoms with van der Waals surface area (Å²) in [4.78, 5) is 0. The maximum atomic E-state index is 6.01. The van der Waals surface area contributed by atoms with E-state index in [0.717, 1.165) is 37.1 Å². The van der Waals surface area contributed by atoms with Crippen LogP contribution >= 0.6 is 15.2 Å². The van der Waals surface area contributed by atoms with Crippen LogP contribution in [0.5, 0.6) is 0 Å². The van der Waals surface area contributed by atoms with E-state index in [9.17, 15) is 0 Å². The van der Waals surface area contributed by atoms with Gasteiger partial charge in [0.15, 0.2) is 0 Å². The Labute approximate surface area is 298 Å². The summed E-state index contributed by atoms with van der Waals surface area (Å²) < 4.78 is 1.07. The van der Waals surface area contributed by atoms with Crippen LogP contribution in [0.15, 0.2) is 91.0 Å². The molecule has 0 heterocycles. The molecule has 0 fully saturated rings. The number of hydrogen-bond acceptors (Lipinski definition) is 2. The normalized spacial score (nSPS) is 13.8. The van der Waals surface area contributed by atoms with Crippen molar-refractivity contribution in [1.82, 2.24) is 0 Å². The SMILES string of the molecule is CCCCCCCCCCC[P+](CCCCP(CCCC[N+](C)(CCN)CCCN)c1ccccc1)(c1ccccc1)c1ccccc1. The molecule has 0 aliphatic rings. The summed E-state index contributed by atoms with van der Waals surface area (Å²) in [6.07, 6.45) is 24.3. The zero-order chi connectivity index (χ0) is 34.2. The average Bonchev–Trinajstić information content (AvgIpc) is 3.13. The second-order valence-electron chi connectivity index (χ2n) is 14.4. The van der Waals surface area contributed by atoms with Crippen LogP contribution in [0.2, 0.25) is 0 Å².